The minimum atomic E-state index is 0.0859. The van der Waals surface area contributed by atoms with E-state index in [2.05, 4.69) is 0 Å². The molecule has 1 aromatic rings. The van der Waals surface area contributed by atoms with Crippen molar-refractivity contribution in [1.29, 1.82) is 0 Å². The van der Waals surface area contributed by atoms with E-state index < -0.39 is 0 Å². The first-order valence-electron chi connectivity index (χ1n) is 3.19. The van der Waals surface area contributed by atoms with Crippen molar-refractivity contribution in [3.8, 4) is 0 Å². The fourth-order valence-electron chi connectivity index (χ4n) is 0.773. The highest BCUT2D eigenvalue weighted by atomic mass is 32.2. The van der Waals surface area contributed by atoms with Gasteiger partial charge in [-0.05, 0) is 18.7 Å². The van der Waals surface area contributed by atoms with Crippen LogP contribution in [0, 0.1) is 3.14 Å². The Hall–Kier alpha value is 0.640. The van der Waals surface area contributed by atoms with Gasteiger partial charge in [-0.1, -0.05) is 12.2 Å². The van der Waals surface area contributed by atoms with E-state index in [0.717, 1.165) is 7.35 Å². The van der Waals surface area contributed by atoms with Crippen LogP contribution in [-0.2, 0) is 4.79 Å². The van der Waals surface area contributed by atoms with Gasteiger partial charge >= 0.3 is 0 Å². The Morgan fingerprint density at radius 3 is 2.75 bits per heavy atom. The third-order valence-electron chi connectivity index (χ3n) is 1.33. The summed E-state index contributed by atoms with van der Waals surface area (Å²) in [4.78, 5) is 11.3. The van der Waals surface area contributed by atoms with Crippen molar-refractivity contribution in [3.05, 3.63) is 3.14 Å². The quantitative estimate of drug-likeness (QED) is 0.655. The van der Waals surface area contributed by atoms with Gasteiger partial charge in [-0.15, -0.1) is 34.4 Å². The van der Waals surface area contributed by atoms with Gasteiger partial charge in [-0.25, -0.2) is 0 Å². The van der Waals surface area contributed by atoms with Gasteiger partial charge in [-0.2, -0.15) is 0 Å². The van der Waals surface area contributed by atoms with E-state index in [1.165, 1.54) is 16.0 Å². The average molecular weight is 252 g/mol. The molecule has 1 unspecified atom stereocenters. The standard InChI is InChI=1S/C6H4OS5/c1-2-3(7)10-5-4(9-2)11-6(8)12-5/h2H,1H3. The van der Waals surface area contributed by atoms with E-state index in [1.54, 1.807) is 34.4 Å². The van der Waals surface area contributed by atoms with Gasteiger partial charge < -0.3 is 0 Å². The summed E-state index contributed by atoms with van der Waals surface area (Å²) < 4.78 is 3.24. The predicted octanol–water partition coefficient (Wildman–Crippen LogP) is 3.65. The SMILES string of the molecule is CC1Sc2sc(=S)sc2SC1=O. The summed E-state index contributed by atoms with van der Waals surface area (Å²) in [6, 6.07) is 0. The van der Waals surface area contributed by atoms with Crippen LogP contribution in [0.3, 0.4) is 0 Å². The summed E-state index contributed by atoms with van der Waals surface area (Å²) in [5.74, 6) is 0. The molecule has 0 radical (unpaired) electrons. The van der Waals surface area contributed by atoms with Crippen molar-refractivity contribution >= 4 is 63.5 Å². The van der Waals surface area contributed by atoms with Gasteiger partial charge in [-0.3, -0.25) is 4.79 Å². The highest BCUT2D eigenvalue weighted by Crippen LogP contribution is 2.47. The zero-order valence-electron chi connectivity index (χ0n) is 6.03. The average Bonchev–Trinajstić information content (AvgIpc) is 2.30. The highest BCUT2D eigenvalue weighted by Gasteiger charge is 2.26. The topological polar surface area (TPSA) is 17.1 Å². The van der Waals surface area contributed by atoms with Gasteiger partial charge in [0.15, 0.2) is 0 Å². The number of thioether (sulfide) groups is 2. The van der Waals surface area contributed by atoms with Crippen LogP contribution in [0.5, 0.6) is 0 Å². The minimum absolute atomic E-state index is 0.0859. The Morgan fingerprint density at radius 1 is 1.33 bits per heavy atom. The van der Waals surface area contributed by atoms with Crippen molar-refractivity contribution in [2.24, 2.45) is 0 Å². The smallest absolute Gasteiger partial charge is 0.207 e. The zero-order valence-corrected chi connectivity index (χ0v) is 10.1. The molecule has 0 amide bonds. The molecule has 6 heteroatoms. The molecule has 2 heterocycles. The molecule has 0 fully saturated rings. The Kier molecular flexibility index (Phi) is 2.62. The van der Waals surface area contributed by atoms with E-state index in [-0.39, 0.29) is 10.4 Å². The zero-order chi connectivity index (χ0) is 8.72. The molecule has 1 aliphatic rings. The summed E-state index contributed by atoms with van der Waals surface area (Å²) >= 11 is 11.2. The lowest BCUT2D eigenvalue weighted by molar-refractivity contribution is -0.110. The molecule has 0 saturated carbocycles. The molecular formula is C6H4OS5. The Balaban J connectivity index is 2.46. The maximum absolute atomic E-state index is 11.3. The molecule has 0 N–H and O–H groups in total. The summed E-state index contributed by atoms with van der Waals surface area (Å²) in [5, 5.41) is 0.333. The monoisotopic (exact) mass is 252 g/mol. The third kappa shape index (κ3) is 1.63. The van der Waals surface area contributed by atoms with Crippen LogP contribution >= 0.6 is 58.4 Å². The Bertz CT molecular complexity index is 376. The van der Waals surface area contributed by atoms with Crippen LogP contribution < -0.4 is 0 Å². The first-order chi connectivity index (χ1) is 5.66. The molecule has 0 aliphatic carbocycles. The first kappa shape index (κ1) is 9.21. The fourth-order valence-corrected chi connectivity index (χ4v) is 6.85. The van der Waals surface area contributed by atoms with Gasteiger partial charge in [0.2, 0.25) is 5.12 Å². The molecule has 0 bridgehead atoms. The Morgan fingerprint density at radius 2 is 2.00 bits per heavy atom. The summed E-state index contributed by atoms with van der Waals surface area (Å²) in [6.45, 7) is 1.94. The second kappa shape index (κ2) is 3.42. The lowest BCUT2D eigenvalue weighted by Gasteiger charge is -2.13. The summed E-state index contributed by atoms with van der Waals surface area (Å²) in [7, 11) is 0. The number of carbonyl (C=O) groups excluding carboxylic acids is 1. The molecule has 64 valence electrons. The number of carbonyl (C=O) groups is 1. The van der Waals surface area contributed by atoms with E-state index in [1.807, 2.05) is 6.92 Å². The second-order valence-electron chi connectivity index (χ2n) is 2.21. The van der Waals surface area contributed by atoms with Crippen LogP contribution in [0.2, 0.25) is 0 Å². The van der Waals surface area contributed by atoms with Crippen molar-refractivity contribution < 1.29 is 4.79 Å². The molecule has 1 aliphatic heterocycles. The summed E-state index contributed by atoms with van der Waals surface area (Å²) in [6.07, 6.45) is 0. The van der Waals surface area contributed by atoms with Crippen LogP contribution in [0.1, 0.15) is 6.92 Å². The molecule has 1 nitrogen and oxygen atoms in total. The molecule has 2 rings (SSSR count). The van der Waals surface area contributed by atoms with Crippen molar-refractivity contribution in [3.63, 3.8) is 0 Å². The van der Waals surface area contributed by atoms with E-state index in [4.69, 9.17) is 12.2 Å². The van der Waals surface area contributed by atoms with Crippen LogP contribution in [0.15, 0.2) is 8.42 Å². The maximum atomic E-state index is 11.3. The van der Waals surface area contributed by atoms with Gasteiger partial charge in [0, 0.05) is 0 Å². The van der Waals surface area contributed by atoms with Crippen molar-refractivity contribution in [2.75, 3.05) is 0 Å². The molecule has 12 heavy (non-hydrogen) atoms. The van der Waals surface area contributed by atoms with E-state index >= 15 is 0 Å². The molecule has 0 saturated heterocycles. The number of hydrogen-bond acceptors (Lipinski definition) is 6. The second-order valence-corrected chi connectivity index (χ2v) is 8.32. The third-order valence-corrected chi connectivity index (χ3v) is 7.07. The van der Waals surface area contributed by atoms with Crippen LogP contribution in [0.25, 0.3) is 0 Å². The van der Waals surface area contributed by atoms with Gasteiger partial charge in [0.1, 0.15) is 3.14 Å². The lowest BCUT2D eigenvalue weighted by atomic mass is 10.5. The first-order valence-corrected chi connectivity index (χ1v) is 6.93. The normalized spacial score (nSPS) is 22.4. The number of rotatable bonds is 0. The Labute approximate surface area is 91.6 Å². The predicted molar refractivity (Wildman–Crippen MR) is 59.2 cm³/mol. The van der Waals surface area contributed by atoms with Crippen molar-refractivity contribution in [2.45, 2.75) is 20.6 Å². The molecule has 1 atom stereocenters. The molecule has 1 aromatic heterocycles. The highest BCUT2D eigenvalue weighted by molar-refractivity contribution is 8.19. The molecule has 0 spiro atoms. The van der Waals surface area contributed by atoms with E-state index in [0.29, 0.717) is 0 Å². The molecular weight excluding hydrogens is 248 g/mol. The van der Waals surface area contributed by atoms with Crippen LogP contribution in [0.4, 0.5) is 0 Å². The lowest BCUT2D eigenvalue weighted by Crippen LogP contribution is -2.11. The fraction of sp³-hybridized carbons (Fsp3) is 0.333. The summed E-state index contributed by atoms with van der Waals surface area (Å²) in [5.41, 5.74) is 0. The van der Waals surface area contributed by atoms with Gasteiger partial charge in [0.05, 0.1) is 13.7 Å². The molecule has 0 aromatic carbocycles. The largest absolute Gasteiger partial charge is 0.286 e. The number of hydrogen-bond donors (Lipinski definition) is 0. The van der Waals surface area contributed by atoms with E-state index in [9.17, 15) is 4.79 Å². The maximum Gasteiger partial charge on any atom is 0.207 e. The number of fused-ring (bicyclic) bond motifs is 1. The van der Waals surface area contributed by atoms with Crippen LogP contribution in [-0.4, -0.2) is 10.4 Å². The van der Waals surface area contributed by atoms with Crippen molar-refractivity contribution in [1.82, 2.24) is 0 Å². The van der Waals surface area contributed by atoms with Gasteiger partial charge in [0.25, 0.3) is 0 Å². The minimum Gasteiger partial charge on any atom is -0.286 e.